The minimum absolute atomic E-state index is 0.0432. The van der Waals surface area contributed by atoms with Gasteiger partial charge in [-0.1, -0.05) is 18.2 Å². The van der Waals surface area contributed by atoms with E-state index in [0.29, 0.717) is 0 Å². The van der Waals surface area contributed by atoms with Crippen LogP contribution in [0.3, 0.4) is 0 Å². The van der Waals surface area contributed by atoms with Crippen LogP contribution in [0.5, 0.6) is 0 Å². The molecule has 1 aliphatic carbocycles. The largest absolute Gasteiger partial charge is 0.388 e. The highest BCUT2D eigenvalue weighted by Gasteiger charge is 2.59. The number of aliphatic hydroxyl groups is 1. The summed E-state index contributed by atoms with van der Waals surface area (Å²) in [6, 6.07) is 7.95. The van der Waals surface area contributed by atoms with E-state index in [-0.39, 0.29) is 29.5 Å². The quantitative estimate of drug-likeness (QED) is 0.720. The predicted molar refractivity (Wildman–Crippen MR) is 76.1 cm³/mol. The number of aliphatic hydroxyl groups excluding tert-OH is 1. The Hall–Kier alpha value is -0.810. The zero-order valence-electron chi connectivity index (χ0n) is 11.4. The van der Waals surface area contributed by atoms with Gasteiger partial charge in [-0.2, -0.15) is 0 Å². The number of hydrogen-bond donors (Lipinski definition) is 2. The first-order valence-electron chi connectivity index (χ1n) is 7.01. The molecule has 2 fully saturated rings. The van der Waals surface area contributed by atoms with Gasteiger partial charge in [0, 0.05) is 11.6 Å². The number of halogens is 1. The predicted octanol–water partition coefficient (Wildman–Crippen LogP) is 2.07. The summed E-state index contributed by atoms with van der Waals surface area (Å²) in [7, 11) is 0. The van der Waals surface area contributed by atoms with Gasteiger partial charge >= 0.3 is 0 Å². The molecular formula is C15H18ClNO3. The van der Waals surface area contributed by atoms with E-state index < -0.39 is 11.9 Å². The Bertz CT molecular complexity index is 550. The molecule has 0 spiro atoms. The minimum Gasteiger partial charge on any atom is -0.388 e. The Morgan fingerprint density at radius 1 is 1.20 bits per heavy atom. The van der Waals surface area contributed by atoms with Crippen molar-refractivity contribution in [2.75, 3.05) is 5.32 Å². The van der Waals surface area contributed by atoms with Crippen LogP contribution in [0.1, 0.15) is 25.3 Å². The van der Waals surface area contributed by atoms with Crippen molar-refractivity contribution in [2.45, 2.75) is 55.3 Å². The fraction of sp³-hybridized carbons (Fsp3) is 0.600. The molecule has 2 aliphatic heterocycles. The second kappa shape index (κ2) is 4.10. The van der Waals surface area contributed by atoms with Gasteiger partial charge in [0.25, 0.3) is 0 Å². The molecular weight excluding hydrogens is 278 g/mol. The van der Waals surface area contributed by atoms with Crippen molar-refractivity contribution in [3.63, 3.8) is 0 Å². The number of nitrogens with one attached hydrogen (secondary N) is 1. The van der Waals surface area contributed by atoms with Gasteiger partial charge in [-0.05, 0) is 25.5 Å². The molecule has 0 unspecified atom stereocenters. The van der Waals surface area contributed by atoms with Crippen molar-refractivity contribution >= 4 is 17.3 Å². The number of para-hydroxylation sites is 1. The van der Waals surface area contributed by atoms with Crippen molar-refractivity contribution in [3.05, 3.63) is 29.8 Å². The lowest BCUT2D eigenvalue weighted by Crippen LogP contribution is -2.57. The monoisotopic (exact) mass is 295 g/mol. The van der Waals surface area contributed by atoms with Crippen LogP contribution < -0.4 is 5.32 Å². The Morgan fingerprint density at radius 2 is 1.90 bits per heavy atom. The Balaban J connectivity index is 1.74. The molecule has 20 heavy (non-hydrogen) atoms. The van der Waals surface area contributed by atoms with Gasteiger partial charge in [0.05, 0.1) is 11.4 Å². The standard InChI is InChI=1S/C15H18ClNO3/c1-15(2)19-13-10(16)9-7-5-3-4-6-8(7)17-11(9)12(18)14(13)20-15/h3-6,9-14,17-18H,1-2H3/t9-,10-,11-,12+,13+,14-/m0/s1. The lowest BCUT2D eigenvalue weighted by Gasteiger charge is -2.40. The molecule has 4 nitrogen and oxygen atoms in total. The van der Waals surface area contributed by atoms with E-state index in [2.05, 4.69) is 11.4 Å². The fourth-order valence-corrected chi connectivity index (χ4v) is 4.27. The van der Waals surface area contributed by atoms with Gasteiger partial charge < -0.3 is 19.9 Å². The zero-order valence-corrected chi connectivity index (χ0v) is 12.2. The summed E-state index contributed by atoms with van der Waals surface area (Å²) in [5.74, 6) is -0.650. The summed E-state index contributed by atoms with van der Waals surface area (Å²) < 4.78 is 11.8. The van der Waals surface area contributed by atoms with Gasteiger partial charge in [0.15, 0.2) is 5.79 Å². The maximum absolute atomic E-state index is 10.6. The van der Waals surface area contributed by atoms with E-state index in [0.717, 1.165) is 11.3 Å². The van der Waals surface area contributed by atoms with Crippen LogP contribution in [0.4, 0.5) is 5.69 Å². The molecule has 6 atom stereocenters. The van der Waals surface area contributed by atoms with Crippen LogP contribution in [-0.4, -0.2) is 40.6 Å². The second-order valence-corrected chi connectivity index (χ2v) is 6.79. The molecule has 0 bridgehead atoms. The average molecular weight is 296 g/mol. The van der Waals surface area contributed by atoms with Crippen molar-refractivity contribution in [2.24, 2.45) is 0 Å². The molecule has 2 N–H and O–H groups in total. The molecule has 5 heteroatoms. The van der Waals surface area contributed by atoms with Crippen LogP contribution in [0.25, 0.3) is 0 Å². The van der Waals surface area contributed by atoms with Gasteiger partial charge in [0.1, 0.15) is 18.3 Å². The highest BCUT2D eigenvalue weighted by molar-refractivity contribution is 6.22. The maximum atomic E-state index is 10.6. The molecule has 4 rings (SSSR count). The summed E-state index contributed by atoms with van der Waals surface area (Å²) >= 11 is 6.68. The highest BCUT2D eigenvalue weighted by Crippen LogP contribution is 2.50. The van der Waals surface area contributed by atoms with Crippen LogP contribution in [0.15, 0.2) is 24.3 Å². The molecule has 2 heterocycles. The normalized spacial score (nSPS) is 44.4. The minimum atomic E-state index is -0.693. The number of hydrogen-bond acceptors (Lipinski definition) is 4. The third-order valence-electron chi connectivity index (χ3n) is 4.55. The number of rotatable bonds is 0. The molecule has 1 saturated heterocycles. The Kier molecular flexibility index (Phi) is 2.65. The first-order chi connectivity index (χ1) is 9.48. The summed E-state index contributed by atoms with van der Waals surface area (Å²) in [5, 5.41) is 13.8. The lowest BCUT2D eigenvalue weighted by atomic mass is 9.77. The average Bonchev–Trinajstić information content (AvgIpc) is 2.94. The highest BCUT2D eigenvalue weighted by atomic mass is 35.5. The first-order valence-corrected chi connectivity index (χ1v) is 7.45. The van der Waals surface area contributed by atoms with Crippen molar-refractivity contribution in [3.8, 4) is 0 Å². The fourth-order valence-electron chi connectivity index (χ4n) is 3.79. The van der Waals surface area contributed by atoms with E-state index in [9.17, 15) is 5.11 Å². The van der Waals surface area contributed by atoms with E-state index in [1.165, 1.54) is 0 Å². The van der Waals surface area contributed by atoms with Crippen molar-refractivity contribution in [1.29, 1.82) is 0 Å². The molecule has 0 aromatic heterocycles. The van der Waals surface area contributed by atoms with Crippen LogP contribution >= 0.6 is 11.6 Å². The van der Waals surface area contributed by atoms with E-state index in [1.54, 1.807) is 0 Å². The first kappa shape index (κ1) is 12.9. The zero-order chi connectivity index (χ0) is 14.1. The smallest absolute Gasteiger partial charge is 0.163 e. The summed E-state index contributed by atoms with van der Waals surface area (Å²) in [5.41, 5.74) is 2.20. The summed E-state index contributed by atoms with van der Waals surface area (Å²) in [6.45, 7) is 3.72. The van der Waals surface area contributed by atoms with E-state index in [1.807, 2.05) is 32.0 Å². The number of alkyl halides is 1. The summed E-state index contributed by atoms with van der Waals surface area (Å²) in [4.78, 5) is 0. The van der Waals surface area contributed by atoms with Gasteiger partial charge in [-0.25, -0.2) is 0 Å². The van der Waals surface area contributed by atoms with Crippen LogP contribution in [0, 0.1) is 0 Å². The molecule has 0 amide bonds. The van der Waals surface area contributed by atoms with Crippen LogP contribution in [0.2, 0.25) is 0 Å². The molecule has 0 radical (unpaired) electrons. The Morgan fingerprint density at radius 3 is 2.70 bits per heavy atom. The van der Waals surface area contributed by atoms with Gasteiger partial charge in [0.2, 0.25) is 0 Å². The Labute approximate surface area is 123 Å². The van der Waals surface area contributed by atoms with E-state index >= 15 is 0 Å². The number of anilines is 1. The van der Waals surface area contributed by atoms with Crippen LogP contribution in [-0.2, 0) is 9.47 Å². The SMILES string of the molecule is CC1(C)O[C@@H]2[C@@H](Cl)[C@@H]3c4ccccc4N[C@@H]3[C@@H](O)[C@@H]2O1. The maximum Gasteiger partial charge on any atom is 0.163 e. The lowest BCUT2D eigenvalue weighted by molar-refractivity contribution is -0.153. The van der Waals surface area contributed by atoms with Gasteiger partial charge in [-0.3, -0.25) is 0 Å². The van der Waals surface area contributed by atoms with E-state index in [4.69, 9.17) is 21.1 Å². The third-order valence-corrected chi connectivity index (χ3v) is 5.07. The molecule has 1 aromatic carbocycles. The molecule has 3 aliphatic rings. The second-order valence-electron chi connectivity index (χ2n) is 6.28. The molecule has 1 aromatic rings. The van der Waals surface area contributed by atoms with Crippen molar-refractivity contribution in [1.82, 2.24) is 0 Å². The number of fused-ring (bicyclic) bond motifs is 4. The number of benzene rings is 1. The molecule has 1 saturated carbocycles. The third kappa shape index (κ3) is 1.65. The number of ether oxygens (including phenoxy) is 2. The van der Waals surface area contributed by atoms with Gasteiger partial charge in [-0.15, -0.1) is 11.6 Å². The summed E-state index contributed by atoms with van der Waals surface area (Å²) in [6.07, 6.45) is -1.29. The van der Waals surface area contributed by atoms with Crippen molar-refractivity contribution < 1.29 is 14.6 Å². The topological polar surface area (TPSA) is 50.7 Å². The molecule has 108 valence electrons.